The molecule has 0 bridgehead atoms. The van der Waals surface area contributed by atoms with Crippen molar-refractivity contribution in [3.05, 3.63) is 34.5 Å². The Morgan fingerprint density at radius 1 is 1.41 bits per heavy atom. The van der Waals surface area contributed by atoms with E-state index >= 15 is 0 Å². The Bertz CT molecular complexity index is 502. The lowest BCUT2D eigenvalue weighted by molar-refractivity contribution is 0.617. The smallest absolute Gasteiger partial charge is 0.169 e. The SMILES string of the molecule is CCc1nc(-c2cccs2)nc2c1CCNC2. The van der Waals surface area contributed by atoms with Gasteiger partial charge >= 0.3 is 0 Å². The molecule has 2 aromatic rings. The number of rotatable bonds is 2. The Hall–Kier alpha value is -1.26. The van der Waals surface area contributed by atoms with Gasteiger partial charge in [0.05, 0.1) is 10.6 Å². The van der Waals surface area contributed by atoms with Crippen LogP contribution in [0.4, 0.5) is 0 Å². The fourth-order valence-corrected chi connectivity index (χ4v) is 2.90. The lowest BCUT2D eigenvalue weighted by Gasteiger charge is -2.19. The van der Waals surface area contributed by atoms with Gasteiger partial charge in [-0.05, 0) is 36.4 Å². The molecule has 0 amide bonds. The van der Waals surface area contributed by atoms with Crippen LogP contribution in [0.2, 0.25) is 0 Å². The molecule has 0 aliphatic carbocycles. The number of fused-ring (bicyclic) bond motifs is 1. The molecule has 0 atom stereocenters. The van der Waals surface area contributed by atoms with Crippen LogP contribution in [-0.4, -0.2) is 16.5 Å². The molecule has 0 spiro atoms. The number of hydrogen-bond donors (Lipinski definition) is 1. The molecule has 0 saturated heterocycles. The zero-order chi connectivity index (χ0) is 11.7. The van der Waals surface area contributed by atoms with Gasteiger partial charge in [-0.3, -0.25) is 0 Å². The van der Waals surface area contributed by atoms with Crippen molar-refractivity contribution in [2.24, 2.45) is 0 Å². The first-order valence-electron chi connectivity index (χ1n) is 6.01. The molecule has 17 heavy (non-hydrogen) atoms. The van der Waals surface area contributed by atoms with Gasteiger partial charge in [0.2, 0.25) is 0 Å². The molecule has 1 N–H and O–H groups in total. The van der Waals surface area contributed by atoms with Crippen LogP contribution in [0.15, 0.2) is 17.5 Å². The molecule has 0 fully saturated rings. The van der Waals surface area contributed by atoms with Gasteiger partial charge in [0.25, 0.3) is 0 Å². The normalized spacial score (nSPS) is 14.6. The van der Waals surface area contributed by atoms with E-state index in [0.29, 0.717) is 0 Å². The average Bonchev–Trinajstić information content (AvgIpc) is 2.91. The lowest BCUT2D eigenvalue weighted by Crippen LogP contribution is -2.26. The maximum absolute atomic E-state index is 4.72. The minimum absolute atomic E-state index is 0.878. The summed E-state index contributed by atoms with van der Waals surface area (Å²) in [6.45, 7) is 4.09. The highest BCUT2D eigenvalue weighted by molar-refractivity contribution is 7.13. The quantitative estimate of drug-likeness (QED) is 0.883. The monoisotopic (exact) mass is 245 g/mol. The predicted molar refractivity (Wildman–Crippen MR) is 70.1 cm³/mol. The van der Waals surface area contributed by atoms with E-state index in [-0.39, 0.29) is 0 Å². The zero-order valence-corrected chi connectivity index (χ0v) is 10.7. The molecule has 0 unspecified atom stereocenters. The average molecular weight is 245 g/mol. The summed E-state index contributed by atoms with van der Waals surface area (Å²) in [6.07, 6.45) is 2.05. The van der Waals surface area contributed by atoms with E-state index < -0.39 is 0 Å². The third-order valence-corrected chi connectivity index (χ3v) is 3.96. The first-order valence-corrected chi connectivity index (χ1v) is 6.89. The fourth-order valence-electron chi connectivity index (χ4n) is 2.25. The van der Waals surface area contributed by atoms with Crippen molar-refractivity contribution in [3.8, 4) is 10.7 Å². The summed E-state index contributed by atoms with van der Waals surface area (Å²) < 4.78 is 0. The highest BCUT2D eigenvalue weighted by atomic mass is 32.1. The van der Waals surface area contributed by atoms with E-state index in [0.717, 1.165) is 36.6 Å². The number of nitrogens with zero attached hydrogens (tertiary/aromatic N) is 2. The molecule has 1 aliphatic rings. The van der Waals surface area contributed by atoms with Gasteiger partial charge in [0.1, 0.15) is 0 Å². The summed E-state index contributed by atoms with van der Waals surface area (Å²) in [7, 11) is 0. The lowest BCUT2D eigenvalue weighted by atomic mass is 10.0. The number of aryl methyl sites for hydroxylation is 1. The summed E-state index contributed by atoms with van der Waals surface area (Å²) in [5, 5.41) is 5.45. The highest BCUT2D eigenvalue weighted by Gasteiger charge is 2.17. The van der Waals surface area contributed by atoms with Crippen LogP contribution < -0.4 is 5.32 Å². The third-order valence-electron chi connectivity index (χ3n) is 3.10. The summed E-state index contributed by atoms with van der Waals surface area (Å²) >= 11 is 1.70. The van der Waals surface area contributed by atoms with Crippen molar-refractivity contribution >= 4 is 11.3 Å². The van der Waals surface area contributed by atoms with Crippen LogP contribution in [0.5, 0.6) is 0 Å². The first-order chi connectivity index (χ1) is 8.38. The minimum atomic E-state index is 0.878. The van der Waals surface area contributed by atoms with Gasteiger partial charge in [0.15, 0.2) is 5.82 Å². The molecule has 0 aromatic carbocycles. The van der Waals surface area contributed by atoms with E-state index in [1.54, 1.807) is 11.3 Å². The van der Waals surface area contributed by atoms with Crippen LogP contribution in [0, 0.1) is 0 Å². The molecular weight excluding hydrogens is 230 g/mol. The van der Waals surface area contributed by atoms with Crippen molar-refractivity contribution < 1.29 is 0 Å². The van der Waals surface area contributed by atoms with E-state index in [9.17, 15) is 0 Å². The number of hydrogen-bond acceptors (Lipinski definition) is 4. The number of thiophene rings is 1. The fraction of sp³-hybridized carbons (Fsp3) is 0.385. The Morgan fingerprint density at radius 3 is 3.12 bits per heavy atom. The minimum Gasteiger partial charge on any atom is -0.311 e. The van der Waals surface area contributed by atoms with Crippen LogP contribution in [0.1, 0.15) is 23.9 Å². The van der Waals surface area contributed by atoms with E-state index in [1.807, 2.05) is 6.07 Å². The second-order valence-electron chi connectivity index (χ2n) is 4.18. The summed E-state index contributed by atoms with van der Waals surface area (Å²) in [5.74, 6) is 0.888. The van der Waals surface area contributed by atoms with Crippen LogP contribution >= 0.6 is 11.3 Å². The third kappa shape index (κ3) is 1.98. The Morgan fingerprint density at radius 2 is 2.35 bits per heavy atom. The zero-order valence-electron chi connectivity index (χ0n) is 9.86. The van der Waals surface area contributed by atoms with Crippen molar-refractivity contribution in [2.45, 2.75) is 26.3 Å². The Kier molecular flexibility index (Phi) is 2.91. The van der Waals surface area contributed by atoms with Gasteiger partial charge in [-0.1, -0.05) is 13.0 Å². The molecule has 3 heterocycles. The van der Waals surface area contributed by atoms with Gasteiger partial charge in [0, 0.05) is 12.2 Å². The molecule has 0 radical (unpaired) electrons. The molecule has 1 aliphatic heterocycles. The summed E-state index contributed by atoms with van der Waals surface area (Å²) in [5.41, 5.74) is 3.78. The second kappa shape index (κ2) is 4.55. The highest BCUT2D eigenvalue weighted by Crippen LogP contribution is 2.25. The summed E-state index contributed by atoms with van der Waals surface area (Å²) in [4.78, 5) is 10.6. The first kappa shape index (κ1) is 10.9. The van der Waals surface area contributed by atoms with Gasteiger partial charge < -0.3 is 5.32 Å². The largest absolute Gasteiger partial charge is 0.311 e. The molecule has 0 saturated carbocycles. The molecule has 88 valence electrons. The molecule has 3 rings (SSSR count). The predicted octanol–water partition coefficient (Wildman–Crippen LogP) is 2.41. The van der Waals surface area contributed by atoms with Crippen LogP contribution in [0.3, 0.4) is 0 Å². The summed E-state index contributed by atoms with van der Waals surface area (Å²) in [6, 6.07) is 4.13. The van der Waals surface area contributed by atoms with Crippen molar-refractivity contribution in [1.82, 2.24) is 15.3 Å². The van der Waals surface area contributed by atoms with Crippen molar-refractivity contribution in [1.29, 1.82) is 0 Å². The van der Waals surface area contributed by atoms with Gasteiger partial charge in [-0.2, -0.15) is 0 Å². The Labute approximate surface area is 105 Å². The van der Waals surface area contributed by atoms with Crippen molar-refractivity contribution in [3.63, 3.8) is 0 Å². The van der Waals surface area contributed by atoms with E-state index in [1.165, 1.54) is 17.0 Å². The number of nitrogens with one attached hydrogen (secondary N) is 1. The molecular formula is C13H15N3S. The number of aromatic nitrogens is 2. The topological polar surface area (TPSA) is 37.8 Å². The standard InChI is InChI=1S/C13H15N3S/c1-2-10-9-5-6-14-8-11(9)16-13(15-10)12-4-3-7-17-12/h3-4,7,14H,2,5-6,8H2,1H3. The maximum atomic E-state index is 4.72. The maximum Gasteiger partial charge on any atom is 0.169 e. The van der Waals surface area contributed by atoms with Crippen LogP contribution in [0.25, 0.3) is 10.7 Å². The van der Waals surface area contributed by atoms with Crippen molar-refractivity contribution in [2.75, 3.05) is 6.54 Å². The van der Waals surface area contributed by atoms with Gasteiger partial charge in [-0.15, -0.1) is 11.3 Å². The molecule has 2 aromatic heterocycles. The van der Waals surface area contributed by atoms with E-state index in [2.05, 4.69) is 23.7 Å². The van der Waals surface area contributed by atoms with Gasteiger partial charge in [-0.25, -0.2) is 9.97 Å². The Balaban J connectivity index is 2.12. The van der Waals surface area contributed by atoms with Crippen LogP contribution in [-0.2, 0) is 19.4 Å². The second-order valence-corrected chi connectivity index (χ2v) is 5.12. The van der Waals surface area contributed by atoms with E-state index in [4.69, 9.17) is 9.97 Å². The molecule has 3 nitrogen and oxygen atoms in total. The molecule has 4 heteroatoms.